The highest BCUT2D eigenvalue weighted by Crippen LogP contribution is 2.32. The molecule has 0 aliphatic carbocycles. The first kappa shape index (κ1) is 15.2. The minimum atomic E-state index is -0.138. The number of rotatable bonds is 2. The van der Waals surface area contributed by atoms with E-state index in [9.17, 15) is 4.79 Å². The Labute approximate surface area is 135 Å². The minimum absolute atomic E-state index is 0.138. The first-order chi connectivity index (χ1) is 10.7. The molecule has 1 saturated heterocycles. The average Bonchev–Trinajstić information content (AvgIpc) is 2.89. The zero-order chi connectivity index (χ0) is 15.5. The lowest BCUT2D eigenvalue weighted by atomic mass is 10.00. The predicted octanol–water partition coefficient (Wildman–Crippen LogP) is 3.40. The SMILES string of the molecule is COc1cccc(/C=C2\SC(N3CCC(C)CC3)=NC2=O)c1. The number of methoxy groups -OCH3 is 1. The molecule has 0 N–H and O–H groups in total. The average molecular weight is 316 g/mol. The van der Waals surface area contributed by atoms with E-state index in [0.29, 0.717) is 4.91 Å². The lowest BCUT2D eigenvalue weighted by Crippen LogP contribution is -2.35. The van der Waals surface area contributed by atoms with Gasteiger partial charge in [-0.2, -0.15) is 4.99 Å². The number of nitrogens with zero attached hydrogens (tertiary/aromatic N) is 2. The van der Waals surface area contributed by atoms with Crippen molar-refractivity contribution in [3.63, 3.8) is 0 Å². The highest BCUT2D eigenvalue weighted by molar-refractivity contribution is 8.18. The summed E-state index contributed by atoms with van der Waals surface area (Å²) in [5, 5.41) is 0.853. The fourth-order valence-electron chi connectivity index (χ4n) is 2.62. The molecule has 0 spiro atoms. The van der Waals surface area contributed by atoms with Gasteiger partial charge in [0, 0.05) is 13.1 Å². The molecule has 4 nitrogen and oxygen atoms in total. The van der Waals surface area contributed by atoms with Crippen LogP contribution in [0.15, 0.2) is 34.2 Å². The molecule has 5 heteroatoms. The number of piperidine rings is 1. The summed E-state index contributed by atoms with van der Waals surface area (Å²) in [5.74, 6) is 1.42. The van der Waals surface area contributed by atoms with Gasteiger partial charge < -0.3 is 9.64 Å². The molecule has 1 fully saturated rings. The van der Waals surface area contributed by atoms with E-state index in [1.807, 2.05) is 30.3 Å². The maximum atomic E-state index is 12.1. The summed E-state index contributed by atoms with van der Waals surface area (Å²) < 4.78 is 5.21. The van der Waals surface area contributed by atoms with Crippen LogP contribution in [-0.2, 0) is 4.79 Å². The van der Waals surface area contributed by atoms with Gasteiger partial charge in [-0.15, -0.1) is 0 Å². The Morgan fingerprint density at radius 2 is 2.14 bits per heavy atom. The topological polar surface area (TPSA) is 41.9 Å². The van der Waals surface area contributed by atoms with Gasteiger partial charge in [0.15, 0.2) is 5.17 Å². The fourth-order valence-corrected chi connectivity index (χ4v) is 3.58. The van der Waals surface area contributed by atoms with Crippen molar-refractivity contribution < 1.29 is 9.53 Å². The van der Waals surface area contributed by atoms with E-state index in [2.05, 4.69) is 16.8 Å². The second-order valence-electron chi connectivity index (χ2n) is 5.76. The molecule has 0 bridgehead atoms. The van der Waals surface area contributed by atoms with E-state index < -0.39 is 0 Å². The van der Waals surface area contributed by atoms with Gasteiger partial charge in [0.1, 0.15) is 5.75 Å². The van der Waals surface area contributed by atoms with Crippen molar-refractivity contribution >= 4 is 28.9 Å². The van der Waals surface area contributed by atoms with Crippen molar-refractivity contribution in [3.05, 3.63) is 34.7 Å². The van der Waals surface area contributed by atoms with Crippen LogP contribution >= 0.6 is 11.8 Å². The Hall–Kier alpha value is -1.75. The summed E-state index contributed by atoms with van der Waals surface area (Å²) in [5.41, 5.74) is 0.957. The van der Waals surface area contributed by atoms with Crippen LogP contribution in [-0.4, -0.2) is 36.2 Å². The van der Waals surface area contributed by atoms with Crippen LogP contribution in [0, 0.1) is 5.92 Å². The number of ether oxygens (including phenoxy) is 1. The number of aliphatic imine (C=N–C) groups is 1. The number of hydrogen-bond donors (Lipinski definition) is 0. The van der Waals surface area contributed by atoms with Crippen LogP contribution < -0.4 is 4.74 Å². The third-order valence-corrected chi connectivity index (χ3v) is 5.10. The minimum Gasteiger partial charge on any atom is -0.497 e. The van der Waals surface area contributed by atoms with Crippen LogP contribution in [0.2, 0.25) is 0 Å². The van der Waals surface area contributed by atoms with E-state index in [1.165, 1.54) is 24.6 Å². The van der Waals surface area contributed by atoms with Gasteiger partial charge in [-0.25, -0.2) is 0 Å². The molecule has 0 aromatic heterocycles. The number of amidine groups is 1. The molecular weight excluding hydrogens is 296 g/mol. The third kappa shape index (κ3) is 3.35. The van der Waals surface area contributed by atoms with Crippen molar-refractivity contribution in [1.82, 2.24) is 4.90 Å². The Morgan fingerprint density at radius 1 is 1.36 bits per heavy atom. The first-order valence-electron chi connectivity index (χ1n) is 7.57. The zero-order valence-corrected chi connectivity index (χ0v) is 13.7. The lowest BCUT2D eigenvalue weighted by Gasteiger charge is -2.30. The van der Waals surface area contributed by atoms with E-state index in [4.69, 9.17) is 4.74 Å². The van der Waals surface area contributed by atoms with Gasteiger partial charge in [-0.3, -0.25) is 4.79 Å². The van der Waals surface area contributed by atoms with Gasteiger partial charge in [0.25, 0.3) is 5.91 Å². The monoisotopic (exact) mass is 316 g/mol. The molecule has 1 aromatic carbocycles. The Kier molecular flexibility index (Phi) is 4.52. The molecule has 3 rings (SSSR count). The van der Waals surface area contributed by atoms with Crippen molar-refractivity contribution in [2.45, 2.75) is 19.8 Å². The normalized spacial score (nSPS) is 21.4. The van der Waals surface area contributed by atoms with Gasteiger partial charge in [-0.1, -0.05) is 19.1 Å². The summed E-state index contributed by atoms with van der Waals surface area (Å²) in [4.78, 5) is 19.3. The zero-order valence-electron chi connectivity index (χ0n) is 12.9. The molecule has 22 heavy (non-hydrogen) atoms. The Morgan fingerprint density at radius 3 is 2.86 bits per heavy atom. The molecule has 0 radical (unpaired) electrons. The van der Waals surface area contributed by atoms with Crippen LogP contribution in [0.25, 0.3) is 6.08 Å². The molecule has 2 heterocycles. The quantitative estimate of drug-likeness (QED) is 0.784. The molecule has 0 saturated carbocycles. The number of thioether (sulfide) groups is 1. The van der Waals surface area contributed by atoms with Crippen molar-refractivity contribution in [3.8, 4) is 5.75 Å². The van der Waals surface area contributed by atoms with Gasteiger partial charge >= 0.3 is 0 Å². The number of carbonyl (C=O) groups is 1. The summed E-state index contributed by atoms with van der Waals surface area (Å²) in [7, 11) is 1.64. The maximum Gasteiger partial charge on any atom is 0.286 e. The highest BCUT2D eigenvalue weighted by Gasteiger charge is 2.28. The first-order valence-corrected chi connectivity index (χ1v) is 8.39. The second-order valence-corrected chi connectivity index (χ2v) is 6.77. The van der Waals surface area contributed by atoms with Gasteiger partial charge in [-0.05, 0) is 54.3 Å². The lowest BCUT2D eigenvalue weighted by molar-refractivity contribution is -0.113. The van der Waals surface area contributed by atoms with Crippen LogP contribution in [0.4, 0.5) is 0 Å². The van der Waals surface area contributed by atoms with Crippen LogP contribution in [0.1, 0.15) is 25.3 Å². The predicted molar refractivity (Wildman–Crippen MR) is 91.0 cm³/mol. The summed E-state index contributed by atoms with van der Waals surface area (Å²) in [6, 6.07) is 7.69. The summed E-state index contributed by atoms with van der Waals surface area (Å²) in [6.07, 6.45) is 4.23. The van der Waals surface area contributed by atoms with E-state index in [0.717, 1.165) is 35.5 Å². The molecule has 2 aliphatic rings. The van der Waals surface area contributed by atoms with E-state index in [-0.39, 0.29) is 5.91 Å². The number of likely N-dealkylation sites (tertiary alicyclic amines) is 1. The second kappa shape index (κ2) is 6.57. The van der Waals surface area contributed by atoms with Crippen LogP contribution in [0.3, 0.4) is 0 Å². The largest absolute Gasteiger partial charge is 0.497 e. The Balaban J connectivity index is 1.72. The number of benzene rings is 1. The highest BCUT2D eigenvalue weighted by atomic mass is 32.2. The van der Waals surface area contributed by atoms with Crippen LogP contribution in [0.5, 0.6) is 5.75 Å². The molecular formula is C17H20N2O2S. The van der Waals surface area contributed by atoms with E-state index >= 15 is 0 Å². The van der Waals surface area contributed by atoms with E-state index in [1.54, 1.807) is 7.11 Å². The molecule has 1 aromatic rings. The maximum absolute atomic E-state index is 12.1. The molecule has 0 unspecified atom stereocenters. The molecule has 2 aliphatic heterocycles. The number of amides is 1. The van der Waals surface area contributed by atoms with Gasteiger partial charge in [0.05, 0.1) is 12.0 Å². The number of carbonyl (C=O) groups excluding carboxylic acids is 1. The fraction of sp³-hybridized carbons (Fsp3) is 0.412. The van der Waals surface area contributed by atoms with Crippen molar-refractivity contribution in [2.24, 2.45) is 10.9 Å². The number of hydrogen-bond acceptors (Lipinski definition) is 4. The smallest absolute Gasteiger partial charge is 0.286 e. The van der Waals surface area contributed by atoms with Gasteiger partial charge in [0.2, 0.25) is 0 Å². The summed E-state index contributed by atoms with van der Waals surface area (Å²) in [6.45, 7) is 4.26. The van der Waals surface area contributed by atoms with Crippen molar-refractivity contribution in [2.75, 3.05) is 20.2 Å². The molecule has 116 valence electrons. The Bertz CT molecular complexity index is 631. The standard InChI is InChI=1S/C17H20N2O2S/c1-12-6-8-19(9-7-12)17-18-16(20)15(22-17)11-13-4-3-5-14(10-13)21-2/h3-5,10-12H,6-9H2,1-2H3/b15-11-. The molecule has 0 atom stereocenters. The molecule has 1 amide bonds. The van der Waals surface area contributed by atoms with Crippen molar-refractivity contribution in [1.29, 1.82) is 0 Å². The summed E-state index contributed by atoms with van der Waals surface area (Å²) >= 11 is 1.48. The third-order valence-electron chi connectivity index (χ3n) is 4.05.